The third-order valence-electron chi connectivity index (χ3n) is 5.05. The summed E-state index contributed by atoms with van der Waals surface area (Å²) < 4.78 is 34.7. The average molecular weight is 400 g/mol. The maximum absolute atomic E-state index is 13.2. The van der Waals surface area contributed by atoms with Gasteiger partial charge in [0, 0.05) is 23.5 Å². The van der Waals surface area contributed by atoms with Crippen LogP contribution in [0.15, 0.2) is 42.5 Å². The van der Waals surface area contributed by atoms with Gasteiger partial charge in [-0.2, -0.15) is 8.78 Å². The number of hydrogen-bond donors (Lipinski definition) is 1. The Balaban J connectivity index is 1.58. The Morgan fingerprint density at radius 1 is 1.17 bits per heavy atom. The molecule has 0 saturated heterocycles. The third-order valence-corrected chi connectivity index (χ3v) is 5.05. The fourth-order valence-electron chi connectivity index (χ4n) is 3.48. The first-order chi connectivity index (χ1) is 13.9. The van der Waals surface area contributed by atoms with Gasteiger partial charge in [-0.25, -0.2) is 0 Å². The summed E-state index contributed by atoms with van der Waals surface area (Å²) in [5, 5.41) is 0.999. The Morgan fingerprint density at radius 3 is 2.66 bits per heavy atom. The number of ether oxygens (including phenoxy) is 2. The number of benzene rings is 2. The monoisotopic (exact) mass is 400 g/mol. The SMILES string of the molecule is COc1cc(CN(C(=O)c2cc3cc(C)ccc3[nH]2)C2CC2)ccc1OC(F)F. The van der Waals surface area contributed by atoms with Gasteiger partial charge in [-0.1, -0.05) is 17.7 Å². The van der Waals surface area contributed by atoms with E-state index in [1.807, 2.05) is 36.1 Å². The summed E-state index contributed by atoms with van der Waals surface area (Å²) in [6, 6.07) is 12.8. The molecule has 1 heterocycles. The molecule has 0 radical (unpaired) electrons. The van der Waals surface area contributed by atoms with Crippen molar-refractivity contribution >= 4 is 16.8 Å². The molecule has 29 heavy (non-hydrogen) atoms. The summed E-state index contributed by atoms with van der Waals surface area (Å²) in [6.45, 7) is -0.549. The van der Waals surface area contributed by atoms with Gasteiger partial charge in [-0.3, -0.25) is 4.79 Å². The van der Waals surface area contributed by atoms with Crippen LogP contribution in [0.4, 0.5) is 8.78 Å². The van der Waals surface area contributed by atoms with Crippen LogP contribution >= 0.6 is 0 Å². The van der Waals surface area contributed by atoms with Crippen molar-refractivity contribution in [2.45, 2.75) is 39.0 Å². The second-order valence-electron chi connectivity index (χ2n) is 7.30. The van der Waals surface area contributed by atoms with Crippen LogP contribution in [0.25, 0.3) is 10.9 Å². The number of nitrogens with one attached hydrogen (secondary N) is 1. The van der Waals surface area contributed by atoms with Crippen LogP contribution in [0.5, 0.6) is 11.5 Å². The molecule has 7 heteroatoms. The molecule has 1 saturated carbocycles. The largest absolute Gasteiger partial charge is 0.493 e. The van der Waals surface area contributed by atoms with E-state index < -0.39 is 6.61 Å². The zero-order valence-electron chi connectivity index (χ0n) is 16.2. The summed E-state index contributed by atoms with van der Waals surface area (Å²) >= 11 is 0. The predicted molar refractivity (Wildman–Crippen MR) is 106 cm³/mol. The number of hydrogen-bond acceptors (Lipinski definition) is 3. The maximum atomic E-state index is 13.2. The van der Waals surface area contributed by atoms with Crippen LogP contribution in [0.1, 0.15) is 34.5 Å². The predicted octanol–water partition coefficient (Wildman–Crippen LogP) is 4.89. The average Bonchev–Trinajstić information content (AvgIpc) is 3.44. The zero-order valence-corrected chi connectivity index (χ0v) is 16.2. The van der Waals surface area contributed by atoms with Crippen LogP contribution in [0.2, 0.25) is 0 Å². The molecular formula is C22H22F2N2O3. The number of halogens is 2. The Kier molecular flexibility index (Phi) is 5.13. The second-order valence-corrected chi connectivity index (χ2v) is 7.30. The Labute approximate surface area is 167 Å². The molecule has 0 unspecified atom stereocenters. The first kappa shape index (κ1) is 19.2. The number of fused-ring (bicyclic) bond motifs is 1. The summed E-state index contributed by atoms with van der Waals surface area (Å²) in [5.74, 6) is 0.113. The number of rotatable bonds is 7. The normalized spacial score (nSPS) is 13.7. The van der Waals surface area contributed by atoms with Gasteiger partial charge in [0.05, 0.1) is 7.11 Å². The lowest BCUT2D eigenvalue weighted by atomic mass is 10.1. The minimum Gasteiger partial charge on any atom is -0.493 e. The number of amides is 1. The van der Waals surface area contributed by atoms with Crippen molar-refractivity contribution in [1.82, 2.24) is 9.88 Å². The number of methoxy groups -OCH3 is 1. The molecule has 2 aromatic carbocycles. The van der Waals surface area contributed by atoms with Crippen molar-refractivity contribution < 1.29 is 23.0 Å². The van der Waals surface area contributed by atoms with E-state index in [1.54, 1.807) is 12.1 Å². The van der Waals surface area contributed by atoms with Crippen molar-refractivity contribution in [2.75, 3.05) is 7.11 Å². The molecule has 0 spiro atoms. The van der Waals surface area contributed by atoms with E-state index >= 15 is 0 Å². The minimum absolute atomic E-state index is 0.0264. The molecule has 5 nitrogen and oxygen atoms in total. The van der Waals surface area contributed by atoms with E-state index in [9.17, 15) is 13.6 Å². The Bertz CT molecular complexity index is 1040. The van der Waals surface area contributed by atoms with E-state index in [-0.39, 0.29) is 23.4 Å². The van der Waals surface area contributed by atoms with Crippen molar-refractivity contribution in [3.8, 4) is 11.5 Å². The summed E-state index contributed by atoms with van der Waals surface area (Å²) in [4.78, 5) is 18.2. The van der Waals surface area contributed by atoms with Crippen LogP contribution in [0.3, 0.4) is 0 Å². The summed E-state index contributed by atoms with van der Waals surface area (Å²) in [7, 11) is 1.40. The first-order valence-electron chi connectivity index (χ1n) is 9.46. The van der Waals surface area contributed by atoms with Gasteiger partial charge >= 0.3 is 6.61 Å². The van der Waals surface area contributed by atoms with E-state index in [0.29, 0.717) is 12.2 Å². The Hall–Kier alpha value is -3.09. The lowest BCUT2D eigenvalue weighted by Crippen LogP contribution is -2.32. The molecule has 4 rings (SSSR count). The lowest BCUT2D eigenvalue weighted by molar-refractivity contribution is -0.0512. The Morgan fingerprint density at radius 2 is 1.97 bits per heavy atom. The fraction of sp³-hybridized carbons (Fsp3) is 0.318. The van der Waals surface area contributed by atoms with Crippen molar-refractivity contribution in [3.63, 3.8) is 0 Å². The molecule has 1 aliphatic carbocycles. The molecule has 152 valence electrons. The number of alkyl halides is 2. The molecule has 1 aromatic heterocycles. The molecule has 1 amide bonds. The number of aromatic nitrogens is 1. The van der Waals surface area contributed by atoms with Gasteiger partial charge in [-0.05, 0) is 55.7 Å². The number of H-pyrrole nitrogens is 1. The van der Waals surface area contributed by atoms with E-state index in [1.165, 1.54) is 13.2 Å². The zero-order chi connectivity index (χ0) is 20.5. The van der Waals surface area contributed by atoms with Crippen molar-refractivity contribution in [2.24, 2.45) is 0 Å². The fourth-order valence-corrected chi connectivity index (χ4v) is 3.48. The van der Waals surface area contributed by atoms with Crippen LogP contribution in [-0.4, -0.2) is 35.6 Å². The number of nitrogens with zero attached hydrogens (tertiary/aromatic N) is 1. The summed E-state index contributed by atoms with van der Waals surface area (Å²) in [5.41, 5.74) is 3.38. The van der Waals surface area contributed by atoms with Crippen LogP contribution in [0, 0.1) is 6.92 Å². The molecule has 1 N–H and O–H groups in total. The first-order valence-corrected chi connectivity index (χ1v) is 9.46. The van der Waals surface area contributed by atoms with E-state index in [0.717, 1.165) is 34.9 Å². The van der Waals surface area contributed by atoms with E-state index in [2.05, 4.69) is 9.72 Å². The molecule has 3 aromatic rings. The smallest absolute Gasteiger partial charge is 0.387 e. The molecule has 1 aliphatic rings. The molecule has 1 fully saturated rings. The molecule has 0 bridgehead atoms. The molecular weight excluding hydrogens is 378 g/mol. The highest BCUT2D eigenvalue weighted by Gasteiger charge is 2.34. The van der Waals surface area contributed by atoms with Crippen molar-refractivity contribution in [1.29, 1.82) is 0 Å². The quantitative estimate of drug-likeness (QED) is 0.614. The molecule has 0 atom stereocenters. The van der Waals surface area contributed by atoms with Crippen LogP contribution in [-0.2, 0) is 6.54 Å². The highest BCUT2D eigenvalue weighted by atomic mass is 19.3. The van der Waals surface area contributed by atoms with Gasteiger partial charge in [0.1, 0.15) is 5.69 Å². The van der Waals surface area contributed by atoms with Crippen LogP contribution < -0.4 is 9.47 Å². The molecule has 0 aliphatic heterocycles. The van der Waals surface area contributed by atoms with Gasteiger partial charge < -0.3 is 19.4 Å². The van der Waals surface area contributed by atoms with Gasteiger partial charge in [-0.15, -0.1) is 0 Å². The van der Waals surface area contributed by atoms with Crippen molar-refractivity contribution in [3.05, 3.63) is 59.3 Å². The summed E-state index contributed by atoms with van der Waals surface area (Å²) in [6.07, 6.45) is 1.91. The van der Waals surface area contributed by atoms with Gasteiger partial charge in [0.15, 0.2) is 11.5 Å². The number of aromatic amines is 1. The highest BCUT2D eigenvalue weighted by molar-refractivity contribution is 5.98. The topological polar surface area (TPSA) is 54.6 Å². The maximum Gasteiger partial charge on any atom is 0.387 e. The van der Waals surface area contributed by atoms with E-state index in [4.69, 9.17) is 4.74 Å². The number of carbonyl (C=O) groups is 1. The number of carbonyl (C=O) groups excluding carboxylic acids is 1. The second kappa shape index (κ2) is 7.73. The third kappa shape index (κ3) is 4.18. The minimum atomic E-state index is -2.93. The number of aryl methyl sites for hydroxylation is 1. The standard InChI is InChI=1S/C22H22F2N2O3/c1-13-3-7-17-15(9-13)11-18(25-17)21(27)26(16-5-6-16)12-14-4-8-19(29-22(23)24)20(10-14)28-2/h3-4,7-11,16,22,25H,5-6,12H2,1-2H3. The van der Waals surface area contributed by atoms with Gasteiger partial charge in [0.2, 0.25) is 0 Å². The van der Waals surface area contributed by atoms with Gasteiger partial charge in [0.25, 0.3) is 5.91 Å². The highest BCUT2D eigenvalue weighted by Crippen LogP contribution is 2.33. The lowest BCUT2D eigenvalue weighted by Gasteiger charge is -2.22.